The molecule has 0 amide bonds. The molecule has 0 rings (SSSR count). The quantitative estimate of drug-likeness (QED) is 0.0261. The van der Waals surface area contributed by atoms with Crippen LogP contribution in [-0.2, 0) is 28.6 Å². The lowest BCUT2D eigenvalue weighted by atomic mass is 10.0. The van der Waals surface area contributed by atoms with E-state index in [-0.39, 0.29) is 31.1 Å². The minimum absolute atomic E-state index is 0.0692. The van der Waals surface area contributed by atoms with Gasteiger partial charge in [0.05, 0.1) is 0 Å². The van der Waals surface area contributed by atoms with Crippen LogP contribution in [0.2, 0.25) is 0 Å². The molecule has 6 heteroatoms. The number of hydrogen-bond donors (Lipinski definition) is 0. The van der Waals surface area contributed by atoms with Crippen molar-refractivity contribution < 1.29 is 28.6 Å². The average molecular weight is 1130 g/mol. The maximum absolute atomic E-state index is 12.9. The van der Waals surface area contributed by atoms with Gasteiger partial charge in [-0.05, 0) is 77.0 Å². The molecule has 0 aromatic heterocycles. The summed E-state index contributed by atoms with van der Waals surface area (Å²) < 4.78 is 17.0. The van der Waals surface area contributed by atoms with Gasteiger partial charge in [0.15, 0.2) is 6.10 Å². The van der Waals surface area contributed by atoms with E-state index in [2.05, 4.69) is 106 Å². The van der Waals surface area contributed by atoms with Crippen molar-refractivity contribution in [3.05, 3.63) is 85.1 Å². The zero-order chi connectivity index (χ0) is 58.5. The number of carbonyl (C=O) groups is 3. The Morgan fingerprint density at radius 3 is 0.753 bits per heavy atom. The summed E-state index contributed by atoms with van der Waals surface area (Å²) in [4.78, 5) is 38.3. The van der Waals surface area contributed by atoms with Crippen LogP contribution in [0.5, 0.6) is 0 Å². The SMILES string of the molecule is CC/C=C\C/C=C\C/C=C\C/C=C\C/C=C\C/C=C\C/C=C\CCCCCCCCCCCCCCCC(=O)OCC(COC(=O)CCCCCCCCCCCCCCC)OC(=O)CCCCCCCCCCCCCCCCC. The summed E-state index contributed by atoms with van der Waals surface area (Å²) >= 11 is 0. The summed E-state index contributed by atoms with van der Waals surface area (Å²) in [6, 6.07) is 0. The van der Waals surface area contributed by atoms with Gasteiger partial charge in [-0.1, -0.05) is 343 Å². The van der Waals surface area contributed by atoms with Gasteiger partial charge >= 0.3 is 17.9 Å². The predicted octanol–water partition coefficient (Wildman–Crippen LogP) is 24.2. The third-order valence-electron chi connectivity index (χ3n) is 15.4. The van der Waals surface area contributed by atoms with E-state index in [1.54, 1.807) is 0 Å². The van der Waals surface area contributed by atoms with Crippen LogP contribution < -0.4 is 0 Å². The van der Waals surface area contributed by atoms with Gasteiger partial charge in [0.25, 0.3) is 0 Å². The van der Waals surface area contributed by atoms with Crippen LogP contribution in [0.3, 0.4) is 0 Å². The van der Waals surface area contributed by atoms with Gasteiger partial charge in [-0.15, -0.1) is 0 Å². The number of hydrogen-bond acceptors (Lipinski definition) is 6. The molecule has 0 aromatic carbocycles. The Kier molecular flexibility index (Phi) is 66.2. The molecule has 81 heavy (non-hydrogen) atoms. The lowest BCUT2D eigenvalue weighted by Crippen LogP contribution is -2.30. The first kappa shape index (κ1) is 77.6. The fraction of sp³-hybridized carbons (Fsp3) is 0.773. The zero-order valence-corrected chi connectivity index (χ0v) is 53.8. The monoisotopic (exact) mass is 1130 g/mol. The van der Waals surface area contributed by atoms with Crippen molar-refractivity contribution in [2.24, 2.45) is 0 Å². The van der Waals surface area contributed by atoms with Crippen molar-refractivity contribution in [3.63, 3.8) is 0 Å². The first-order valence-corrected chi connectivity index (χ1v) is 35.1. The van der Waals surface area contributed by atoms with Crippen LogP contribution >= 0.6 is 0 Å². The minimum atomic E-state index is -0.772. The standard InChI is InChI=1S/C75H132O6/c1-4-7-10-13-16-19-22-25-27-28-29-30-31-32-33-34-35-36-37-38-39-40-41-42-43-44-45-46-48-50-53-56-59-62-65-68-74(77)80-71-72(70-79-73(76)67-64-61-58-55-52-49-24-21-18-15-12-9-6-3)81-75(78)69-66-63-60-57-54-51-47-26-23-20-17-14-11-8-5-2/h7,10,16,19,25,27,29-30,32-33,35-36,38-39,72H,4-6,8-9,11-15,17-18,20-24,26,28,31,34,37,40-71H2,1-3H3/b10-7-,19-16-,27-25-,30-29-,33-32-,36-35-,39-38-. The Balaban J connectivity index is 4.15. The molecule has 0 aliphatic rings. The Bertz CT molecular complexity index is 1530. The molecule has 0 aliphatic carbocycles. The number of unbranched alkanes of at least 4 members (excludes halogenated alkanes) is 39. The molecule has 0 aliphatic heterocycles. The Hall–Kier alpha value is -3.41. The van der Waals surface area contributed by atoms with E-state index in [0.717, 1.165) is 103 Å². The molecule has 0 heterocycles. The van der Waals surface area contributed by atoms with E-state index >= 15 is 0 Å². The second kappa shape index (κ2) is 69.1. The summed E-state index contributed by atoms with van der Waals surface area (Å²) in [6.07, 6.45) is 91.8. The summed E-state index contributed by atoms with van der Waals surface area (Å²) in [6.45, 7) is 6.57. The van der Waals surface area contributed by atoms with Crippen LogP contribution in [0.1, 0.15) is 355 Å². The van der Waals surface area contributed by atoms with Gasteiger partial charge in [0.1, 0.15) is 13.2 Å². The number of rotatable bonds is 64. The Morgan fingerprint density at radius 1 is 0.259 bits per heavy atom. The van der Waals surface area contributed by atoms with E-state index in [1.165, 1.54) is 212 Å². The Labute approximate surface area is 503 Å². The van der Waals surface area contributed by atoms with Gasteiger partial charge in [-0.25, -0.2) is 0 Å². The average Bonchev–Trinajstić information content (AvgIpc) is 3.46. The molecular formula is C75H132O6. The molecule has 0 fully saturated rings. The normalized spacial score (nSPS) is 12.6. The molecular weight excluding hydrogens is 997 g/mol. The molecule has 0 saturated carbocycles. The summed E-state index contributed by atoms with van der Waals surface area (Å²) in [5, 5.41) is 0. The highest BCUT2D eigenvalue weighted by atomic mass is 16.6. The molecule has 0 spiro atoms. The number of allylic oxidation sites excluding steroid dienone is 14. The molecule has 0 saturated heterocycles. The van der Waals surface area contributed by atoms with Crippen molar-refractivity contribution in [2.75, 3.05) is 13.2 Å². The maximum Gasteiger partial charge on any atom is 0.306 e. The second-order valence-corrected chi connectivity index (χ2v) is 23.4. The second-order valence-electron chi connectivity index (χ2n) is 23.4. The minimum Gasteiger partial charge on any atom is -0.462 e. The van der Waals surface area contributed by atoms with E-state index in [4.69, 9.17) is 14.2 Å². The molecule has 0 radical (unpaired) electrons. The topological polar surface area (TPSA) is 78.9 Å². The van der Waals surface area contributed by atoms with Crippen LogP contribution in [0, 0.1) is 0 Å². The third-order valence-corrected chi connectivity index (χ3v) is 15.4. The predicted molar refractivity (Wildman–Crippen MR) is 353 cm³/mol. The van der Waals surface area contributed by atoms with Crippen molar-refractivity contribution in [1.82, 2.24) is 0 Å². The summed E-state index contributed by atoms with van der Waals surface area (Å²) in [5.74, 6) is -0.849. The van der Waals surface area contributed by atoms with Crippen LogP contribution in [0.25, 0.3) is 0 Å². The van der Waals surface area contributed by atoms with Crippen molar-refractivity contribution >= 4 is 17.9 Å². The lowest BCUT2D eigenvalue weighted by molar-refractivity contribution is -0.167. The van der Waals surface area contributed by atoms with Crippen LogP contribution in [0.4, 0.5) is 0 Å². The van der Waals surface area contributed by atoms with Gasteiger partial charge < -0.3 is 14.2 Å². The van der Waals surface area contributed by atoms with Crippen molar-refractivity contribution in [2.45, 2.75) is 361 Å². The highest BCUT2D eigenvalue weighted by Crippen LogP contribution is 2.18. The van der Waals surface area contributed by atoms with E-state index in [0.29, 0.717) is 19.3 Å². The van der Waals surface area contributed by atoms with E-state index < -0.39 is 6.10 Å². The highest BCUT2D eigenvalue weighted by molar-refractivity contribution is 5.71. The van der Waals surface area contributed by atoms with Gasteiger partial charge in [0.2, 0.25) is 0 Å². The fourth-order valence-corrected chi connectivity index (χ4v) is 10.2. The van der Waals surface area contributed by atoms with E-state index in [1.807, 2.05) is 0 Å². The molecule has 1 atom stereocenters. The molecule has 1 unspecified atom stereocenters. The fourth-order valence-electron chi connectivity index (χ4n) is 10.2. The first-order chi connectivity index (χ1) is 40.0. The van der Waals surface area contributed by atoms with Crippen molar-refractivity contribution in [1.29, 1.82) is 0 Å². The Morgan fingerprint density at radius 2 is 0.481 bits per heavy atom. The maximum atomic E-state index is 12.9. The third kappa shape index (κ3) is 67.3. The van der Waals surface area contributed by atoms with Crippen LogP contribution in [-0.4, -0.2) is 37.2 Å². The number of carbonyl (C=O) groups excluding carboxylic acids is 3. The number of esters is 3. The highest BCUT2D eigenvalue weighted by Gasteiger charge is 2.19. The molecule has 0 bridgehead atoms. The summed E-state index contributed by atoms with van der Waals surface area (Å²) in [5.41, 5.74) is 0. The van der Waals surface area contributed by atoms with Gasteiger partial charge in [-0.3, -0.25) is 14.4 Å². The molecule has 0 N–H and O–H groups in total. The molecule has 6 nitrogen and oxygen atoms in total. The van der Waals surface area contributed by atoms with E-state index in [9.17, 15) is 14.4 Å². The summed E-state index contributed by atoms with van der Waals surface area (Å²) in [7, 11) is 0. The van der Waals surface area contributed by atoms with Crippen molar-refractivity contribution in [3.8, 4) is 0 Å². The number of ether oxygens (including phenoxy) is 3. The smallest absolute Gasteiger partial charge is 0.306 e. The lowest BCUT2D eigenvalue weighted by Gasteiger charge is -2.18. The first-order valence-electron chi connectivity index (χ1n) is 35.1. The molecule has 0 aromatic rings. The zero-order valence-electron chi connectivity index (χ0n) is 53.8. The molecule has 468 valence electrons. The largest absolute Gasteiger partial charge is 0.462 e. The van der Waals surface area contributed by atoms with Crippen LogP contribution in [0.15, 0.2) is 85.1 Å². The van der Waals surface area contributed by atoms with Gasteiger partial charge in [0, 0.05) is 19.3 Å². The van der Waals surface area contributed by atoms with Gasteiger partial charge in [-0.2, -0.15) is 0 Å².